The molecule has 26 heavy (non-hydrogen) atoms. The number of rotatable bonds is 4. The predicted octanol–water partition coefficient (Wildman–Crippen LogP) is 5.37. The molecular formula is C18H14ClF2N3OS. The number of carbonyl (C=O) groups is 1. The van der Waals surface area contributed by atoms with Gasteiger partial charge in [-0.05, 0) is 25.1 Å². The molecule has 1 aromatic heterocycles. The van der Waals surface area contributed by atoms with Gasteiger partial charge < -0.3 is 10.6 Å². The maximum atomic E-state index is 13.6. The van der Waals surface area contributed by atoms with Crippen molar-refractivity contribution in [1.82, 2.24) is 10.3 Å². The first kappa shape index (κ1) is 18.3. The van der Waals surface area contributed by atoms with Gasteiger partial charge in [0.1, 0.15) is 16.6 Å². The van der Waals surface area contributed by atoms with E-state index in [4.69, 9.17) is 11.6 Å². The number of aryl methyl sites for hydroxylation is 1. The minimum absolute atomic E-state index is 0.205. The lowest BCUT2D eigenvalue weighted by Crippen LogP contribution is -2.28. The number of carbonyl (C=O) groups excluding carboxylic acids is 1. The Bertz CT molecular complexity index is 961. The summed E-state index contributed by atoms with van der Waals surface area (Å²) in [6.07, 6.45) is 0. The summed E-state index contributed by atoms with van der Waals surface area (Å²) >= 11 is 7.60. The molecule has 0 saturated carbocycles. The highest BCUT2D eigenvalue weighted by Gasteiger charge is 2.13. The zero-order valence-corrected chi connectivity index (χ0v) is 15.2. The van der Waals surface area contributed by atoms with Gasteiger partial charge in [-0.2, -0.15) is 0 Å². The number of hydrogen-bond acceptors (Lipinski definition) is 3. The molecule has 0 fully saturated rings. The van der Waals surface area contributed by atoms with E-state index in [1.54, 1.807) is 6.07 Å². The molecule has 2 N–H and O–H groups in total. The van der Waals surface area contributed by atoms with Gasteiger partial charge in [-0.3, -0.25) is 0 Å². The number of thiazole rings is 1. The number of amides is 2. The number of halogens is 3. The summed E-state index contributed by atoms with van der Waals surface area (Å²) in [6, 6.07) is 9.58. The highest BCUT2D eigenvalue weighted by Crippen LogP contribution is 2.32. The van der Waals surface area contributed by atoms with Crippen molar-refractivity contribution in [1.29, 1.82) is 0 Å². The lowest BCUT2D eigenvalue weighted by Gasteiger charge is -2.08. The molecule has 3 rings (SSSR count). The molecular weight excluding hydrogens is 380 g/mol. The molecule has 2 aromatic carbocycles. The lowest BCUT2D eigenvalue weighted by atomic mass is 10.2. The average Bonchev–Trinajstić information content (AvgIpc) is 2.97. The van der Waals surface area contributed by atoms with E-state index in [-0.39, 0.29) is 12.2 Å². The Morgan fingerprint density at radius 3 is 2.77 bits per heavy atom. The summed E-state index contributed by atoms with van der Waals surface area (Å²) in [5.74, 6) is -1.35. The van der Waals surface area contributed by atoms with E-state index in [1.807, 2.05) is 25.1 Å². The van der Waals surface area contributed by atoms with Crippen molar-refractivity contribution in [3.8, 4) is 10.6 Å². The number of anilines is 1. The van der Waals surface area contributed by atoms with Crippen LogP contribution in [0.3, 0.4) is 0 Å². The van der Waals surface area contributed by atoms with Crippen LogP contribution in [-0.2, 0) is 6.54 Å². The van der Waals surface area contributed by atoms with Gasteiger partial charge in [0.2, 0.25) is 0 Å². The number of nitrogens with zero attached hydrogens (tertiary/aromatic N) is 1. The smallest absolute Gasteiger partial charge is 0.319 e. The predicted molar refractivity (Wildman–Crippen MR) is 99.5 cm³/mol. The van der Waals surface area contributed by atoms with E-state index in [0.29, 0.717) is 5.02 Å². The Labute approximate surface area is 157 Å². The molecule has 4 nitrogen and oxygen atoms in total. The molecule has 8 heteroatoms. The number of benzene rings is 2. The minimum Gasteiger partial charge on any atom is -0.333 e. The SMILES string of the molecule is Cc1nc(-c2ccccc2Cl)sc1CNC(=O)Nc1cc(F)ccc1F. The maximum absolute atomic E-state index is 13.6. The highest BCUT2D eigenvalue weighted by atomic mass is 35.5. The molecule has 0 saturated heterocycles. The minimum atomic E-state index is -0.712. The topological polar surface area (TPSA) is 54.0 Å². The first-order valence-corrected chi connectivity index (χ1v) is 8.84. The summed E-state index contributed by atoms with van der Waals surface area (Å²) in [4.78, 5) is 17.3. The first-order valence-electron chi connectivity index (χ1n) is 7.65. The molecule has 0 aliphatic rings. The third-order valence-electron chi connectivity index (χ3n) is 3.58. The summed E-state index contributed by atoms with van der Waals surface area (Å²) in [7, 11) is 0. The van der Waals surface area contributed by atoms with Gasteiger partial charge in [0.05, 0.1) is 22.9 Å². The van der Waals surface area contributed by atoms with Gasteiger partial charge >= 0.3 is 6.03 Å². The number of hydrogen-bond donors (Lipinski definition) is 2. The van der Waals surface area contributed by atoms with Crippen LogP contribution in [0.2, 0.25) is 5.02 Å². The van der Waals surface area contributed by atoms with E-state index < -0.39 is 17.7 Å². The Morgan fingerprint density at radius 1 is 1.23 bits per heavy atom. The molecule has 134 valence electrons. The fourth-order valence-corrected chi connectivity index (χ4v) is 3.59. The zero-order valence-electron chi connectivity index (χ0n) is 13.6. The zero-order chi connectivity index (χ0) is 18.7. The average molecular weight is 394 g/mol. The second kappa shape index (κ2) is 7.80. The molecule has 0 atom stereocenters. The van der Waals surface area contributed by atoms with Crippen LogP contribution in [0.5, 0.6) is 0 Å². The van der Waals surface area contributed by atoms with Crippen molar-refractivity contribution in [2.45, 2.75) is 13.5 Å². The quantitative estimate of drug-likeness (QED) is 0.626. The van der Waals surface area contributed by atoms with Crippen molar-refractivity contribution >= 4 is 34.7 Å². The molecule has 1 heterocycles. The van der Waals surface area contributed by atoms with Crippen LogP contribution >= 0.6 is 22.9 Å². The monoisotopic (exact) mass is 393 g/mol. The van der Waals surface area contributed by atoms with Crippen LogP contribution < -0.4 is 10.6 Å². The van der Waals surface area contributed by atoms with Crippen molar-refractivity contribution in [3.05, 3.63) is 69.7 Å². The Hall–Kier alpha value is -2.51. The summed E-state index contributed by atoms with van der Waals surface area (Å²) in [5, 5.41) is 6.25. The van der Waals surface area contributed by atoms with Crippen molar-refractivity contribution in [2.24, 2.45) is 0 Å². The number of nitrogens with one attached hydrogen (secondary N) is 2. The standard InChI is InChI=1S/C18H14ClF2N3OS/c1-10-16(26-17(23-10)12-4-2-3-5-13(12)19)9-22-18(25)24-15-8-11(20)6-7-14(15)21/h2-8H,9H2,1H3,(H2,22,24,25). The summed E-state index contributed by atoms with van der Waals surface area (Å²) in [5.41, 5.74) is 1.36. The third kappa shape index (κ3) is 4.17. The number of urea groups is 1. The van der Waals surface area contributed by atoms with E-state index in [2.05, 4.69) is 15.6 Å². The van der Waals surface area contributed by atoms with Crippen LogP contribution in [0.1, 0.15) is 10.6 Å². The normalized spacial score (nSPS) is 10.6. The molecule has 3 aromatic rings. The second-order valence-electron chi connectivity index (χ2n) is 5.44. The Kier molecular flexibility index (Phi) is 5.49. The Morgan fingerprint density at radius 2 is 2.00 bits per heavy atom. The van der Waals surface area contributed by atoms with Gasteiger partial charge in [-0.1, -0.05) is 29.8 Å². The molecule has 0 radical (unpaired) electrons. The molecule has 0 bridgehead atoms. The van der Waals surface area contributed by atoms with Crippen LogP contribution in [0.4, 0.5) is 19.3 Å². The maximum Gasteiger partial charge on any atom is 0.319 e. The van der Waals surface area contributed by atoms with E-state index in [1.165, 1.54) is 11.3 Å². The van der Waals surface area contributed by atoms with E-state index in [9.17, 15) is 13.6 Å². The summed E-state index contributed by atoms with van der Waals surface area (Å²) < 4.78 is 26.7. The molecule has 0 unspecified atom stereocenters. The van der Waals surface area contributed by atoms with Crippen molar-refractivity contribution < 1.29 is 13.6 Å². The van der Waals surface area contributed by atoms with E-state index in [0.717, 1.165) is 39.3 Å². The lowest BCUT2D eigenvalue weighted by molar-refractivity contribution is 0.251. The van der Waals surface area contributed by atoms with Gasteiger partial charge in [0, 0.05) is 16.5 Å². The fraction of sp³-hybridized carbons (Fsp3) is 0.111. The fourth-order valence-electron chi connectivity index (χ4n) is 2.26. The second-order valence-corrected chi connectivity index (χ2v) is 6.93. The van der Waals surface area contributed by atoms with Crippen LogP contribution in [0.25, 0.3) is 10.6 Å². The molecule has 0 aliphatic heterocycles. The van der Waals surface area contributed by atoms with Gasteiger partial charge in [-0.15, -0.1) is 11.3 Å². The highest BCUT2D eigenvalue weighted by molar-refractivity contribution is 7.15. The number of aromatic nitrogens is 1. The molecule has 0 aliphatic carbocycles. The third-order valence-corrected chi connectivity index (χ3v) is 5.10. The van der Waals surface area contributed by atoms with Gasteiger partial charge in [0.15, 0.2) is 0 Å². The summed E-state index contributed by atoms with van der Waals surface area (Å²) in [6.45, 7) is 2.04. The first-order chi connectivity index (χ1) is 12.4. The van der Waals surface area contributed by atoms with Gasteiger partial charge in [-0.25, -0.2) is 18.6 Å². The van der Waals surface area contributed by atoms with Crippen LogP contribution in [0.15, 0.2) is 42.5 Å². The molecule has 0 spiro atoms. The van der Waals surface area contributed by atoms with Crippen LogP contribution in [0, 0.1) is 18.6 Å². The van der Waals surface area contributed by atoms with Crippen molar-refractivity contribution in [2.75, 3.05) is 5.32 Å². The van der Waals surface area contributed by atoms with Crippen molar-refractivity contribution in [3.63, 3.8) is 0 Å². The van der Waals surface area contributed by atoms with E-state index >= 15 is 0 Å². The molecule has 2 amide bonds. The Balaban J connectivity index is 1.67. The largest absolute Gasteiger partial charge is 0.333 e. The van der Waals surface area contributed by atoms with Crippen LogP contribution in [-0.4, -0.2) is 11.0 Å². The van der Waals surface area contributed by atoms with Gasteiger partial charge in [0.25, 0.3) is 0 Å².